The Hall–Kier alpha value is -1.43. The molecule has 1 aliphatic rings. The molecule has 0 amide bonds. The van der Waals surface area contributed by atoms with Gasteiger partial charge in [-0.25, -0.2) is 0 Å². The highest BCUT2D eigenvalue weighted by atomic mass is 32.1. The molecule has 1 fully saturated rings. The third-order valence-corrected chi connectivity index (χ3v) is 5.35. The molecule has 6 heteroatoms. The van der Waals surface area contributed by atoms with Gasteiger partial charge < -0.3 is 4.90 Å². The van der Waals surface area contributed by atoms with Crippen molar-refractivity contribution < 1.29 is 9.72 Å². The second kappa shape index (κ2) is 7.02. The fourth-order valence-corrected chi connectivity index (χ4v) is 4.04. The number of nitrogens with zero attached hydrogens (tertiary/aromatic N) is 2. The lowest BCUT2D eigenvalue weighted by Gasteiger charge is -2.20. The van der Waals surface area contributed by atoms with Gasteiger partial charge in [-0.1, -0.05) is 19.8 Å². The predicted molar refractivity (Wildman–Crippen MR) is 85.4 cm³/mol. The van der Waals surface area contributed by atoms with E-state index in [2.05, 4.69) is 11.8 Å². The van der Waals surface area contributed by atoms with Crippen LogP contribution in [0.3, 0.4) is 0 Å². The van der Waals surface area contributed by atoms with E-state index in [9.17, 15) is 14.9 Å². The van der Waals surface area contributed by atoms with Gasteiger partial charge in [-0.2, -0.15) is 0 Å². The lowest BCUT2D eigenvalue weighted by molar-refractivity contribution is -0.383. The van der Waals surface area contributed by atoms with Crippen LogP contribution in [0.5, 0.6) is 0 Å². The lowest BCUT2D eigenvalue weighted by atomic mass is 9.96. The molecule has 21 heavy (non-hydrogen) atoms. The molecule has 5 nitrogen and oxygen atoms in total. The van der Waals surface area contributed by atoms with Crippen LogP contribution in [0.4, 0.5) is 10.7 Å². The summed E-state index contributed by atoms with van der Waals surface area (Å²) in [6, 6.07) is 1.43. The maximum Gasteiger partial charge on any atom is 0.304 e. The maximum absolute atomic E-state index is 11.5. The van der Waals surface area contributed by atoms with E-state index in [0.29, 0.717) is 9.88 Å². The Morgan fingerprint density at radius 3 is 2.86 bits per heavy atom. The first kappa shape index (κ1) is 15.9. The first-order valence-corrected chi connectivity index (χ1v) is 8.38. The minimum atomic E-state index is -0.368. The number of rotatable bonds is 5. The van der Waals surface area contributed by atoms with E-state index in [-0.39, 0.29) is 16.4 Å². The Kier molecular flexibility index (Phi) is 5.33. The first-order valence-electron chi connectivity index (χ1n) is 7.57. The van der Waals surface area contributed by atoms with Gasteiger partial charge in [0, 0.05) is 19.2 Å². The Bertz CT molecular complexity index is 527. The molecule has 2 rings (SSSR count). The van der Waals surface area contributed by atoms with Crippen LogP contribution in [0, 0.1) is 16.0 Å². The van der Waals surface area contributed by atoms with Crippen molar-refractivity contribution in [3.05, 3.63) is 21.1 Å². The average molecular weight is 310 g/mol. The van der Waals surface area contributed by atoms with Crippen molar-refractivity contribution in [3.63, 3.8) is 0 Å². The van der Waals surface area contributed by atoms with Gasteiger partial charge in [0.2, 0.25) is 0 Å². The number of Topliss-reactive ketones (excluding diaryl/α,β-unsaturated/α-hetero) is 1. The van der Waals surface area contributed by atoms with Crippen molar-refractivity contribution in [1.82, 2.24) is 0 Å². The van der Waals surface area contributed by atoms with Gasteiger partial charge in [-0.05, 0) is 32.1 Å². The van der Waals surface area contributed by atoms with Crippen LogP contribution >= 0.6 is 11.3 Å². The maximum atomic E-state index is 11.5. The molecule has 1 unspecified atom stereocenters. The van der Waals surface area contributed by atoms with Gasteiger partial charge >= 0.3 is 5.69 Å². The topological polar surface area (TPSA) is 63.5 Å². The second-order valence-corrected chi connectivity index (χ2v) is 6.72. The minimum Gasteiger partial charge on any atom is -0.358 e. The fraction of sp³-hybridized carbons (Fsp3) is 0.667. The fourth-order valence-electron chi connectivity index (χ4n) is 2.97. The van der Waals surface area contributed by atoms with Crippen LogP contribution in [-0.4, -0.2) is 23.8 Å². The van der Waals surface area contributed by atoms with Crippen LogP contribution in [0.2, 0.25) is 0 Å². The van der Waals surface area contributed by atoms with Crippen molar-refractivity contribution >= 4 is 27.8 Å². The highest BCUT2D eigenvalue weighted by Crippen LogP contribution is 2.39. The molecule has 0 aliphatic carbocycles. The normalized spacial score (nSPS) is 19.3. The molecule has 0 radical (unpaired) electrons. The first-order chi connectivity index (χ1) is 10.0. The Balaban J connectivity index is 2.20. The molecule has 0 bridgehead atoms. The third-order valence-electron chi connectivity index (χ3n) is 4.07. The van der Waals surface area contributed by atoms with Gasteiger partial charge in [0.05, 0.1) is 9.80 Å². The van der Waals surface area contributed by atoms with Crippen molar-refractivity contribution in [3.8, 4) is 0 Å². The predicted octanol–water partition coefficient (Wildman–Crippen LogP) is 4.27. The summed E-state index contributed by atoms with van der Waals surface area (Å²) in [5.74, 6) is 0.624. The summed E-state index contributed by atoms with van der Waals surface area (Å²) in [6.07, 6.45) is 5.77. The zero-order valence-corrected chi connectivity index (χ0v) is 13.4. The van der Waals surface area contributed by atoms with Gasteiger partial charge in [0.1, 0.15) is 0 Å². The molecule has 0 saturated carbocycles. The number of hydrogen-bond acceptors (Lipinski definition) is 5. The Morgan fingerprint density at radius 1 is 1.48 bits per heavy atom. The van der Waals surface area contributed by atoms with Gasteiger partial charge in [-0.15, -0.1) is 11.3 Å². The number of anilines is 1. The quantitative estimate of drug-likeness (QED) is 0.463. The summed E-state index contributed by atoms with van der Waals surface area (Å²) < 4.78 is 0. The van der Waals surface area contributed by atoms with Crippen molar-refractivity contribution in [2.24, 2.45) is 5.92 Å². The van der Waals surface area contributed by atoms with Crippen LogP contribution < -0.4 is 4.90 Å². The van der Waals surface area contributed by atoms with E-state index in [1.54, 1.807) is 0 Å². The van der Waals surface area contributed by atoms with Crippen molar-refractivity contribution in [1.29, 1.82) is 0 Å². The highest BCUT2D eigenvalue weighted by molar-refractivity contribution is 7.18. The molecule has 1 aliphatic heterocycles. The van der Waals surface area contributed by atoms with E-state index in [1.807, 2.05) is 0 Å². The summed E-state index contributed by atoms with van der Waals surface area (Å²) in [7, 11) is 0. The van der Waals surface area contributed by atoms with Crippen LogP contribution in [0.15, 0.2) is 6.07 Å². The summed E-state index contributed by atoms with van der Waals surface area (Å²) in [5.41, 5.74) is 0.0825. The molecule has 0 N–H and O–H groups in total. The Labute approximate surface area is 129 Å². The monoisotopic (exact) mass is 310 g/mol. The van der Waals surface area contributed by atoms with E-state index < -0.39 is 0 Å². The third kappa shape index (κ3) is 3.81. The minimum absolute atomic E-state index is 0.0825. The standard InChI is InChI=1S/C15H22N2O3S/c1-3-5-12-6-4-8-16(9-7-12)15-13(17(19)20)10-14(21-15)11(2)18/h10,12H,3-9H2,1-2H3. The summed E-state index contributed by atoms with van der Waals surface area (Å²) in [6.45, 7) is 5.35. The van der Waals surface area contributed by atoms with Crippen LogP contribution in [0.25, 0.3) is 0 Å². The number of carbonyl (C=O) groups is 1. The van der Waals surface area contributed by atoms with E-state index in [1.165, 1.54) is 43.6 Å². The summed E-state index contributed by atoms with van der Waals surface area (Å²) >= 11 is 1.26. The smallest absolute Gasteiger partial charge is 0.304 e. The molecule has 116 valence electrons. The zero-order valence-electron chi connectivity index (χ0n) is 12.6. The van der Waals surface area contributed by atoms with E-state index >= 15 is 0 Å². The SMILES string of the molecule is CCCC1CCCN(c2sc(C(C)=O)cc2[N+](=O)[O-])CC1. The van der Waals surface area contributed by atoms with Gasteiger partial charge in [0.25, 0.3) is 0 Å². The molecule has 1 saturated heterocycles. The number of carbonyl (C=O) groups excluding carboxylic acids is 1. The molecule has 1 atom stereocenters. The summed E-state index contributed by atoms with van der Waals surface area (Å²) in [4.78, 5) is 24.9. The lowest BCUT2D eigenvalue weighted by Crippen LogP contribution is -2.23. The number of nitro groups is 1. The van der Waals surface area contributed by atoms with E-state index in [4.69, 9.17) is 0 Å². The van der Waals surface area contributed by atoms with Crippen molar-refractivity contribution in [2.75, 3.05) is 18.0 Å². The molecule has 2 heterocycles. The molecule has 1 aromatic heterocycles. The summed E-state index contributed by atoms with van der Waals surface area (Å²) in [5, 5.41) is 11.9. The molecular weight excluding hydrogens is 288 g/mol. The second-order valence-electron chi connectivity index (χ2n) is 5.69. The molecule has 0 spiro atoms. The zero-order chi connectivity index (χ0) is 15.4. The van der Waals surface area contributed by atoms with Crippen LogP contribution in [-0.2, 0) is 0 Å². The van der Waals surface area contributed by atoms with E-state index in [0.717, 1.165) is 31.8 Å². The number of ketones is 1. The molecular formula is C15H22N2O3S. The highest BCUT2D eigenvalue weighted by Gasteiger charge is 2.27. The number of thiophene rings is 1. The van der Waals surface area contributed by atoms with Crippen LogP contribution in [0.1, 0.15) is 55.6 Å². The molecule has 0 aromatic carbocycles. The van der Waals surface area contributed by atoms with Gasteiger partial charge in [0.15, 0.2) is 10.8 Å². The molecule has 1 aromatic rings. The number of hydrogen-bond donors (Lipinski definition) is 0. The average Bonchev–Trinajstić information content (AvgIpc) is 2.76. The van der Waals surface area contributed by atoms with Gasteiger partial charge in [-0.3, -0.25) is 14.9 Å². The Morgan fingerprint density at radius 2 is 2.24 bits per heavy atom. The van der Waals surface area contributed by atoms with Crippen molar-refractivity contribution in [2.45, 2.75) is 46.0 Å². The largest absolute Gasteiger partial charge is 0.358 e.